The Morgan fingerprint density at radius 2 is 1.81 bits per heavy atom. The van der Waals surface area contributed by atoms with Gasteiger partial charge in [-0.25, -0.2) is 9.59 Å². The fraction of sp³-hybridized carbons (Fsp3) is 0.273. The average Bonchev–Trinajstić information content (AvgIpc) is 2.31. The number of rotatable bonds is 4. The highest BCUT2D eigenvalue weighted by atomic mass is 16.5. The van der Waals surface area contributed by atoms with E-state index in [1.807, 2.05) is 6.92 Å². The number of methoxy groups -OCH3 is 1. The van der Waals surface area contributed by atoms with Gasteiger partial charge in [0.25, 0.3) is 0 Å². The average molecular weight is 218 g/mol. The Hall–Kier alpha value is -2.22. The SMILES string of the molecule is CCc1cc(N=C=O)c(OC)cc1N=C=O. The van der Waals surface area contributed by atoms with Crippen molar-refractivity contribution in [3.63, 3.8) is 0 Å². The van der Waals surface area contributed by atoms with Gasteiger partial charge in [0.15, 0.2) is 0 Å². The van der Waals surface area contributed by atoms with E-state index < -0.39 is 0 Å². The second kappa shape index (κ2) is 5.61. The first-order valence-electron chi connectivity index (χ1n) is 4.63. The number of ether oxygens (including phenoxy) is 1. The smallest absolute Gasteiger partial charge is 0.240 e. The Labute approximate surface area is 92.5 Å². The van der Waals surface area contributed by atoms with Crippen LogP contribution >= 0.6 is 0 Å². The maximum atomic E-state index is 10.2. The van der Waals surface area contributed by atoms with Crippen molar-refractivity contribution in [1.82, 2.24) is 0 Å². The van der Waals surface area contributed by atoms with E-state index in [0.717, 1.165) is 5.56 Å². The molecular weight excluding hydrogens is 208 g/mol. The number of carbonyl (C=O) groups excluding carboxylic acids is 2. The van der Waals surface area contributed by atoms with Gasteiger partial charge in [-0.15, -0.1) is 0 Å². The molecule has 0 aromatic heterocycles. The quantitative estimate of drug-likeness (QED) is 0.574. The number of benzene rings is 1. The van der Waals surface area contributed by atoms with E-state index in [9.17, 15) is 9.59 Å². The van der Waals surface area contributed by atoms with Crippen LogP contribution in [0.4, 0.5) is 11.4 Å². The van der Waals surface area contributed by atoms with Crippen molar-refractivity contribution in [2.24, 2.45) is 9.98 Å². The number of aliphatic imine (C=N–C) groups is 2. The molecule has 1 aromatic carbocycles. The van der Waals surface area contributed by atoms with E-state index >= 15 is 0 Å². The van der Waals surface area contributed by atoms with Gasteiger partial charge in [-0.2, -0.15) is 9.98 Å². The van der Waals surface area contributed by atoms with Gasteiger partial charge < -0.3 is 4.74 Å². The molecule has 1 rings (SSSR count). The lowest BCUT2D eigenvalue weighted by Crippen LogP contribution is -1.87. The molecule has 0 aliphatic rings. The molecule has 0 N–H and O–H groups in total. The molecule has 82 valence electrons. The summed E-state index contributed by atoms with van der Waals surface area (Å²) in [4.78, 5) is 27.5. The summed E-state index contributed by atoms with van der Waals surface area (Å²) >= 11 is 0. The Morgan fingerprint density at radius 3 is 2.31 bits per heavy atom. The lowest BCUT2D eigenvalue weighted by atomic mass is 10.1. The summed E-state index contributed by atoms with van der Waals surface area (Å²) in [7, 11) is 1.44. The zero-order valence-electron chi connectivity index (χ0n) is 8.98. The van der Waals surface area contributed by atoms with E-state index in [0.29, 0.717) is 23.5 Å². The zero-order valence-corrected chi connectivity index (χ0v) is 8.98. The largest absolute Gasteiger partial charge is 0.494 e. The summed E-state index contributed by atoms with van der Waals surface area (Å²) in [5.41, 5.74) is 1.64. The van der Waals surface area contributed by atoms with Crippen molar-refractivity contribution in [3.8, 4) is 5.75 Å². The Balaban J connectivity index is 3.44. The van der Waals surface area contributed by atoms with Crippen LogP contribution in [0, 0.1) is 0 Å². The lowest BCUT2D eigenvalue weighted by molar-refractivity contribution is 0.416. The maximum absolute atomic E-state index is 10.2. The molecule has 0 unspecified atom stereocenters. The molecule has 0 atom stereocenters. The molecule has 0 aliphatic heterocycles. The van der Waals surface area contributed by atoms with Gasteiger partial charge in [-0.05, 0) is 18.1 Å². The minimum absolute atomic E-state index is 0.370. The Morgan fingerprint density at radius 1 is 1.19 bits per heavy atom. The fourth-order valence-corrected chi connectivity index (χ4v) is 1.34. The molecule has 0 fully saturated rings. The zero-order chi connectivity index (χ0) is 12.0. The number of aryl methyl sites for hydroxylation is 1. The van der Waals surface area contributed by atoms with Gasteiger partial charge in [0, 0.05) is 6.07 Å². The second-order valence-corrected chi connectivity index (χ2v) is 2.91. The van der Waals surface area contributed by atoms with Crippen LogP contribution in [0.2, 0.25) is 0 Å². The van der Waals surface area contributed by atoms with Gasteiger partial charge >= 0.3 is 0 Å². The molecule has 1 aromatic rings. The first-order valence-corrected chi connectivity index (χ1v) is 4.63. The molecule has 0 aliphatic carbocycles. The van der Waals surface area contributed by atoms with Gasteiger partial charge in [-0.3, -0.25) is 0 Å². The number of nitrogens with zero attached hydrogens (tertiary/aromatic N) is 2. The minimum Gasteiger partial charge on any atom is -0.494 e. The standard InChI is InChI=1S/C11H10N2O3/c1-3-8-4-10(13-7-15)11(16-2)5-9(8)12-6-14/h4-5H,3H2,1-2H3. The van der Waals surface area contributed by atoms with Crippen LogP contribution in [-0.2, 0) is 16.0 Å². The summed E-state index contributed by atoms with van der Waals surface area (Å²) in [5, 5.41) is 0. The fourth-order valence-electron chi connectivity index (χ4n) is 1.34. The van der Waals surface area contributed by atoms with Crippen molar-refractivity contribution in [2.75, 3.05) is 7.11 Å². The molecule has 16 heavy (non-hydrogen) atoms. The normalized spacial score (nSPS) is 8.88. The van der Waals surface area contributed by atoms with Crippen LogP contribution in [0.3, 0.4) is 0 Å². The first kappa shape index (κ1) is 11.9. The van der Waals surface area contributed by atoms with E-state index in [1.165, 1.54) is 19.3 Å². The van der Waals surface area contributed by atoms with Crippen LogP contribution in [0.1, 0.15) is 12.5 Å². The van der Waals surface area contributed by atoms with Crippen molar-refractivity contribution in [2.45, 2.75) is 13.3 Å². The van der Waals surface area contributed by atoms with Crippen molar-refractivity contribution < 1.29 is 14.3 Å². The van der Waals surface area contributed by atoms with Gasteiger partial charge in [0.05, 0.1) is 12.8 Å². The lowest BCUT2D eigenvalue weighted by Gasteiger charge is -2.07. The van der Waals surface area contributed by atoms with Crippen molar-refractivity contribution in [3.05, 3.63) is 17.7 Å². The van der Waals surface area contributed by atoms with E-state index in [1.54, 1.807) is 12.1 Å². The summed E-state index contributed by atoms with van der Waals surface area (Å²) in [6, 6.07) is 3.18. The molecule has 5 nitrogen and oxygen atoms in total. The molecular formula is C11H10N2O3. The number of hydrogen-bond donors (Lipinski definition) is 0. The van der Waals surface area contributed by atoms with E-state index in [4.69, 9.17) is 4.74 Å². The van der Waals surface area contributed by atoms with Crippen LogP contribution < -0.4 is 4.74 Å². The summed E-state index contributed by atoms with van der Waals surface area (Å²) in [5.74, 6) is 0.370. The molecule has 5 heteroatoms. The van der Waals surface area contributed by atoms with Gasteiger partial charge in [0.1, 0.15) is 11.4 Å². The molecule has 0 spiro atoms. The monoisotopic (exact) mass is 218 g/mol. The van der Waals surface area contributed by atoms with Crippen LogP contribution in [0.15, 0.2) is 22.1 Å². The van der Waals surface area contributed by atoms with Gasteiger partial charge in [0.2, 0.25) is 12.2 Å². The van der Waals surface area contributed by atoms with Crippen LogP contribution in [0.5, 0.6) is 5.75 Å². The third-order valence-electron chi connectivity index (χ3n) is 2.09. The molecule has 0 bridgehead atoms. The number of isocyanates is 2. The Kier molecular flexibility index (Phi) is 4.16. The minimum atomic E-state index is 0.370. The topological polar surface area (TPSA) is 68.1 Å². The van der Waals surface area contributed by atoms with E-state index in [2.05, 4.69) is 9.98 Å². The Bertz CT molecular complexity index is 438. The highest BCUT2D eigenvalue weighted by Crippen LogP contribution is 2.34. The highest BCUT2D eigenvalue weighted by molar-refractivity contribution is 5.67. The van der Waals surface area contributed by atoms with Crippen LogP contribution in [-0.4, -0.2) is 19.3 Å². The van der Waals surface area contributed by atoms with Crippen molar-refractivity contribution in [1.29, 1.82) is 0 Å². The maximum Gasteiger partial charge on any atom is 0.240 e. The summed E-state index contributed by atoms with van der Waals surface area (Å²) in [6.07, 6.45) is 3.58. The highest BCUT2D eigenvalue weighted by Gasteiger charge is 2.08. The molecule has 0 saturated carbocycles. The predicted molar refractivity (Wildman–Crippen MR) is 57.9 cm³/mol. The summed E-state index contributed by atoms with van der Waals surface area (Å²) < 4.78 is 5.02. The molecule has 0 radical (unpaired) electrons. The molecule has 0 saturated heterocycles. The number of hydrogen-bond acceptors (Lipinski definition) is 5. The van der Waals surface area contributed by atoms with Crippen molar-refractivity contribution >= 4 is 23.5 Å². The third kappa shape index (κ3) is 2.42. The predicted octanol–water partition coefficient (Wildman–Crippen LogP) is 2.19. The third-order valence-corrected chi connectivity index (χ3v) is 2.09. The molecule has 0 amide bonds. The second-order valence-electron chi connectivity index (χ2n) is 2.91. The summed E-state index contributed by atoms with van der Waals surface area (Å²) in [6.45, 7) is 1.90. The molecule has 0 heterocycles. The van der Waals surface area contributed by atoms with Crippen LogP contribution in [0.25, 0.3) is 0 Å². The van der Waals surface area contributed by atoms with Gasteiger partial charge in [-0.1, -0.05) is 6.92 Å². The first-order chi connectivity index (χ1) is 7.76. The van der Waals surface area contributed by atoms with E-state index in [-0.39, 0.29) is 0 Å².